The van der Waals surface area contributed by atoms with Gasteiger partial charge in [-0.1, -0.05) is 30.3 Å². The summed E-state index contributed by atoms with van der Waals surface area (Å²) in [6.45, 7) is 7.20. The highest BCUT2D eigenvalue weighted by Crippen LogP contribution is 2.47. The van der Waals surface area contributed by atoms with Crippen LogP contribution in [0.4, 0.5) is 0 Å². The summed E-state index contributed by atoms with van der Waals surface area (Å²) < 4.78 is 25.6. The van der Waals surface area contributed by atoms with Crippen LogP contribution < -0.4 is 0 Å². The van der Waals surface area contributed by atoms with E-state index >= 15 is 0 Å². The highest BCUT2D eigenvalue weighted by molar-refractivity contribution is 7.90. The molecule has 0 aromatic heterocycles. The van der Waals surface area contributed by atoms with Gasteiger partial charge in [0.2, 0.25) is 10.0 Å². The number of sulfonamides is 1. The Morgan fingerprint density at radius 1 is 1.12 bits per heavy atom. The summed E-state index contributed by atoms with van der Waals surface area (Å²) in [6.07, 6.45) is 0. The Bertz CT molecular complexity index is 502. The molecule has 1 aromatic carbocycles. The molecule has 0 saturated carbocycles. The summed E-state index contributed by atoms with van der Waals surface area (Å²) in [5.41, 5.74) is 1.08. The molecule has 1 aromatic rings. The first-order chi connectivity index (χ1) is 7.77. The van der Waals surface area contributed by atoms with Crippen molar-refractivity contribution in [3.8, 4) is 0 Å². The summed E-state index contributed by atoms with van der Waals surface area (Å²) in [6, 6.07) is 9.89. The highest BCUT2D eigenvalue weighted by Gasteiger charge is 2.56. The molecule has 0 spiro atoms. The van der Waals surface area contributed by atoms with E-state index < -0.39 is 14.8 Å². The van der Waals surface area contributed by atoms with Crippen LogP contribution in [0.3, 0.4) is 0 Å². The van der Waals surface area contributed by atoms with Gasteiger partial charge in [-0.05, 0) is 33.3 Å². The second-order valence-corrected chi connectivity index (χ2v) is 8.14. The van der Waals surface area contributed by atoms with Crippen LogP contribution >= 0.6 is 0 Å². The third kappa shape index (κ3) is 2.00. The van der Waals surface area contributed by atoms with Crippen LogP contribution in [0.2, 0.25) is 0 Å². The maximum atomic E-state index is 12.3. The molecule has 1 fully saturated rings. The van der Waals surface area contributed by atoms with Crippen molar-refractivity contribution >= 4 is 10.0 Å². The van der Waals surface area contributed by atoms with Crippen LogP contribution in [0.25, 0.3) is 0 Å². The van der Waals surface area contributed by atoms with E-state index in [0.29, 0.717) is 0 Å². The smallest absolute Gasteiger partial charge is 0.212 e. The van der Waals surface area contributed by atoms with Crippen molar-refractivity contribution in [2.24, 2.45) is 0 Å². The number of benzene rings is 1. The van der Waals surface area contributed by atoms with Gasteiger partial charge < -0.3 is 0 Å². The quantitative estimate of drug-likeness (QED) is 0.760. The van der Waals surface area contributed by atoms with Crippen molar-refractivity contribution in [3.05, 3.63) is 35.9 Å². The number of hydrogen-bond acceptors (Lipinski definition) is 2. The molecular weight excluding hydrogens is 234 g/mol. The maximum Gasteiger partial charge on any atom is 0.219 e. The molecule has 3 unspecified atom stereocenters. The Balaban J connectivity index is 2.29. The second-order valence-electron chi connectivity index (χ2n) is 5.54. The molecule has 94 valence electrons. The molecule has 1 aliphatic heterocycles. The standard InChI is InChI=1S/C13H19NO2S/c1-10-12(11-8-6-5-7-9-11)14(10)17(15,16)13(2,3)4/h5-10,12H,1-4H3. The van der Waals surface area contributed by atoms with Crippen molar-refractivity contribution in [2.75, 3.05) is 0 Å². The van der Waals surface area contributed by atoms with Gasteiger partial charge in [0.15, 0.2) is 0 Å². The Hall–Kier alpha value is -0.870. The number of hydrogen-bond donors (Lipinski definition) is 0. The lowest BCUT2D eigenvalue weighted by Gasteiger charge is -2.20. The first-order valence-electron chi connectivity index (χ1n) is 5.85. The Morgan fingerprint density at radius 3 is 2.12 bits per heavy atom. The monoisotopic (exact) mass is 253 g/mol. The zero-order valence-electron chi connectivity index (χ0n) is 10.7. The summed E-state index contributed by atoms with van der Waals surface area (Å²) in [5, 5.41) is 0. The third-order valence-corrected chi connectivity index (χ3v) is 5.90. The summed E-state index contributed by atoms with van der Waals surface area (Å²) in [4.78, 5) is 0. The summed E-state index contributed by atoms with van der Waals surface area (Å²) in [7, 11) is -3.22. The highest BCUT2D eigenvalue weighted by atomic mass is 32.2. The molecular formula is C13H19NO2S. The van der Waals surface area contributed by atoms with Gasteiger partial charge in [-0.15, -0.1) is 0 Å². The summed E-state index contributed by atoms with van der Waals surface area (Å²) in [5.74, 6) is 0. The van der Waals surface area contributed by atoms with Crippen molar-refractivity contribution < 1.29 is 8.42 Å². The van der Waals surface area contributed by atoms with Gasteiger partial charge in [0.1, 0.15) is 0 Å². The molecule has 3 nitrogen and oxygen atoms in total. The van der Waals surface area contributed by atoms with Gasteiger partial charge in [0.25, 0.3) is 0 Å². The maximum absolute atomic E-state index is 12.3. The number of nitrogens with zero attached hydrogens (tertiary/aromatic N) is 1. The van der Waals surface area contributed by atoms with Crippen molar-refractivity contribution in [1.82, 2.24) is 4.31 Å². The molecule has 0 N–H and O–H groups in total. The summed E-state index contributed by atoms with van der Waals surface area (Å²) >= 11 is 0. The van der Waals surface area contributed by atoms with E-state index in [2.05, 4.69) is 0 Å². The van der Waals surface area contributed by atoms with Crippen LogP contribution in [0.15, 0.2) is 30.3 Å². The predicted octanol–water partition coefficient (Wildman–Crippen LogP) is 2.56. The number of rotatable bonds is 2. The fourth-order valence-electron chi connectivity index (χ4n) is 2.08. The predicted molar refractivity (Wildman–Crippen MR) is 69.2 cm³/mol. The molecule has 0 radical (unpaired) electrons. The van der Waals surface area contributed by atoms with Crippen LogP contribution in [0.1, 0.15) is 39.3 Å². The van der Waals surface area contributed by atoms with Crippen molar-refractivity contribution in [2.45, 2.75) is 44.5 Å². The van der Waals surface area contributed by atoms with E-state index in [1.807, 2.05) is 37.3 Å². The van der Waals surface area contributed by atoms with Gasteiger partial charge in [-0.3, -0.25) is 0 Å². The van der Waals surface area contributed by atoms with Gasteiger partial charge in [0, 0.05) is 6.04 Å². The van der Waals surface area contributed by atoms with E-state index in [-0.39, 0.29) is 12.1 Å². The van der Waals surface area contributed by atoms with Gasteiger partial charge >= 0.3 is 0 Å². The molecule has 2 rings (SSSR count). The van der Waals surface area contributed by atoms with Crippen LogP contribution in [-0.2, 0) is 10.0 Å². The third-order valence-electron chi connectivity index (χ3n) is 3.24. The molecule has 3 atom stereocenters. The molecule has 17 heavy (non-hydrogen) atoms. The minimum atomic E-state index is -3.22. The van der Waals surface area contributed by atoms with Crippen molar-refractivity contribution in [3.63, 3.8) is 0 Å². The van der Waals surface area contributed by atoms with Crippen LogP contribution in [0, 0.1) is 0 Å². The average Bonchev–Trinajstić information content (AvgIpc) is 2.90. The average molecular weight is 253 g/mol. The zero-order chi connectivity index (χ0) is 12.8. The van der Waals surface area contributed by atoms with Gasteiger partial charge in [-0.25, -0.2) is 8.42 Å². The van der Waals surface area contributed by atoms with Crippen molar-refractivity contribution in [1.29, 1.82) is 0 Å². The molecule has 1 saturated heterocycles. The first kappa shape index (κ1) is 12.6. The Kier molecular flexibility index (Phi) is 2.83. The molecule has 1 aliphatic rings. The largest absolute Gasteiger partial charge is 0.219 e. The Labute approximate surface area is 104 Å². The van der Waals surface area contributed by atoms with Gasteiger partial charge in [-0.2, -0.15) is 4.31 Å². The molecule has 0 bridgehead atoms. The molecule has 4 heteroatoms. The van der Waals surface area contributed by atoms with Crippen LogP contribution in [0.5, 0.6) is 0 Å². The molecule has 0 amide bonds. The van der Waals surface area contributed by atoms with E-state index in [0.717, 1.165) is 5.56 Å². The first-order valence-corrected chi connectivity index (χ1v) is 7.29. The topological polar surface area (TPSA) is 37.1 Å². The SMILES string of the molecule is CC1C(c2ccccc2)N1S(=O)(=O)C(C)(C)C. The normalized spacial score (nSPS) is 29.1. The van der Waals surface area contributed by atoms with E-state index in [9.17, 15) is 8.42 Å². The second kappa shape index (κ2) is 3.82. The lowest BCUT2D eigenvalue weighted by atomic mass is 10.1. The van der Waals surface area contributed by atoms with Gasteiger partial charge in [0.05, 0.1) is 10.8 Å². The minimum absolute atomic E-state index is 0.0143. The Morgan fingerprint density at radius 2 is 1.65 bits per heavy atom. The minimum Gasteiger partial charge on any atom is -0.212 e. The zero-order valence-corrected chi connectivity index (χ0v) is 11.5. The van der Waals surface area contributed by atoms with E-state index in [1.54, 1.807) is 25.1 Å². The lowest BCUT2D eigenvalue weighted by Crippen LogP contribution is -2.34. The fourth-order valence-corrected chi connectivity index (χ4v) is 3.81. The molecule has 0 aliphatic carbocycles. The fraction of sp³-hybridized carbons (Fsp3) is 0.538. The molecule has 1 heterocycles. The van der Waals surface area contributed by atoms with E-state index in [4.69, 9.17) is 0 Å². The lowest BCUT2D eigenvalue weighted by molar-refractivity contribution is 0.512. The van der Waals surface area contributed by atoms with E-state index in [1.165, 1.54) is 0 Å². The van der Waals surface area contributed by atoms with Crippen LogP contribution in [-0.4, -0.2) is 23.5 Å².